The third-order valence-corrected chi connectivity index (χ3v) is 6.77. The summed E-state index contributed by atoms with van der Waals surface area (Å²) in [4.78, 5) is 17.7. The number of rotatable bonds is 5. The summed E-state index contributed by atoms with van der Waals surface area (Å²) < 4.78 is 1.99. The molecule has 2 unspecified atom stereocenters. The second-order valence-electron chi connectivity index (χ2n) is 8.77. The van der Waals surface area contributed by atoms with Gasteiger partial charge < -0.3 is 9.47 Å². The third kappa shape index (κ3) is 4.69. The van der Waals surface area contributed by atoms with Gasteiger partial charge in [0.25, 0.3) is 0 Å². The minimum absolute atomic E-state index is 0.0362. The van der Waals surface area contributed by atoms with Crippen molar-refractivity contribution in [1.29, 1.82) is 0 Å². The lowest BCUT2D eigenvalue weighted by molar-refractivity contribution is -0.138. The van der Waals surface area contributed by atoms with E-state index in [1.165, 1.54) is 18.4 Å². The van der Waals surface area contributed by atoms with Crippen molar-refractivity contribution in [3.05, 3.63) is 48.0 Å². The Kier molecular flexibility index (Phi) is 6.28. The highest BCUT2D eigenvalue weighted by molar-refractivity contribution is 5.81. The van der Waals surface area contributed by atoms with Gasteiger partial charge in [0.05, 0.1) is 6.04 Å². The van der Waals surface area contributed by atoms with Crippen LogP contribution in [-0.4, -0.2) is 62.7 Å². The van der Waals surface area contributed by atoms with E-state index >= 15 is 0 Å². The molecule has 1 aromatic carbocycles. The number of amides is 1. The Balaban J connectivity index is 1.30. The average Bonchev–Trinajstić information content (AvgIpc) is 3.20. The Bertz CT molecular complexity index is 797. The topological polar surface area (TPSA) is 54.3 Å². The van der Waals surface area contributed by atoms with Crippen LogP contribution in [0.4, 0.5) is 0 Å². The van der Waals surface area contributed by atoms with Gasteiger partial charge in [0.15, 0.2) is 0 Å². The van der Waals surface area contributed by atoms with E-state index in [1.807, 2.05) is 11.6 Å². The molecule has 0 N–H and O–H groups in total. The maximum absolute atomic E-state index is 13.2. The van der Waals surface area contributed by atoms with Crippen LogP contribution in [0.1, 0.15) is 49.9 Å². The molecule has 4 rings (SSSR count). The molecule has 0 aliphatic carbocycles. The van der Waals surface area contributed by atoms with Crippen molar-refractivity contribution < 1.29 is 4.79 Å². The fraction of sp³-hybridized carbons (Fsp3) is 0.609. The van der Waals surface area contributed by atoms with Crippen LogP contribution < -0.4 is 0 Å². The molecule has 6 nitrogen and oxygen atoms in total. The predicted octanol–water partition coefficient (Wildman–Crippen LogP) is 2.86. The number of piperidine rings is 2. The number of likely N-dealkylation sites (tertiary alicyclic amines) is 2. The SMILES string of the molecule is CC(C(=O)N1CCCC(c2nncn2C)C1)N1CCC(Cc2ccccc2)CC1. The van der Waals surface area contributed by atoms with Crippen molar-refractivity contribution in [1.82, 2.24) is 24.6 Å². The van der Waals surface area contributed by atoms with E-state index in [9.17, 15) is 4.79 Å². The van der Waals surface area contributed by atoms with E-state index in [0.29, 0.717) is 5.92 Å². The highest BCUT2D eigenvalue weighted by Crippen LogP contribution is 2.27. The maximum Gasteiger partial charge on any atom is 0.239 e. The molecule has 2 aliphatic rings. The number of hydrogen-bond acceptors (Lipinski definition) is 4. The van der Waals surface area contributed by atoms with Gasteiger partial charge in [-0.3, -0.25) is 9.69 Å². The second-order valence-corrected chi connectivity index (χ2v) is 8.77. The molecule has 2 aromatic rings. The Labute approximate surface area is 173 Å². The summed E-state index contributed by atoms with van der Waals surface area (Å²) in [5, 5.41) is 8.29. The van der Waals surface area contributed by atoms with Crippen LogP contribution in [0.15, 0.2) is 36.7 Å². The first-order chi connectivity index (χ1) is 14.1. The molecule has 0 spiro atoms. The molecule has 2 saturated heterocycles. The highest BCUT2D eigenvalue weighted by Gasteiger charge is 2.33. The summed E-state index contributed by atoms with van der Waals surface area (Å²) in [7, 11) is 1.98. The van der Waals surface area contributed by atoms with Gasteiger partial charge in [-0.15, -0.1) is 10.2 Å². The number of aryl methyl sites for hydroxylation is 1. The zero-order valence-electron chi connectivity index (χ0n) is 17.7. The second kappa shape index (κ2) is 9.08. The van der Waals surface area contributed by atoms with Crippen LogP contribution in [0.2, 0.25) is 0 Å². The zero-order valence-corrected chi connectivity index (χ0v) is 17.7. The van der Waals surface area contributed by atoms with Gasteiger partial charge in [-0.25, -0.2) is 0 Å². The van der Waals surface area contributed by atoms with Crippen LogP contribution in [-0.2, 0) is 18.3 Å². The number of carbonyl (C=O) groups is 1. The van der Waals surface area contributed by atoms with Crippen molar-refractivity contribution >= 4 is 5.91 Å². The van der Waals surface area contributed by atoms with Crippen molar-refractivity contribution in [3.8, 4) is 0 Å². The fourth-order valence-electron chi connectivity index (χ4n) is 4.96. The van der Waals surface area contributed by atoms with Gasteiger partial charge >= 0.3 is 0 Å². The molecule has 2 fully saturated rings. The first-order valence-electron chi connectivity index (χ1n) is 11.0. The number of nitrogens with zero attached hydrogens (tertiary/aromatic N) is 5. The summed E-state index contributed by atoms with van der Waals surface area (Å²) >= 11 is 0. The monoisotopic (exact) mass is 395 g/mol. The molecule has 0 radical (unpaired) electrons. The van der Waals surface area contributed by atoms with Crippen LogP contribution in [0.5, 0.6) is 0 Å². The first-order valence-corrected chi connectivity index (χ1v) is 11.0. The molecular weight excluding hydrogens is 362 g/mol. The molecule has 0 bridgehead atoms. The van der Waals surface area contributed by atoms with Crippen LogP contribution in [0.25, 0.3) is 0 Å². The Morgan fingerprint density at radius 3 is 2.59 bits per heavy atom. The molecule has 156 valence electrons. The lowest BCUT2D eigenvalue weighted by Crippen LogP contribution is -2.51. The van der Waals surface area contributed by atoms with Gasteiger partial charge in [0.2, 0.25) is 5.91 Å². The van der Waals surface area contributed by atoms with E-state index in [2.05, 4.69) is 57.3 Å². The van der Waals surface area contributed by atoms with Gasteiger partial charge in [-0.2, -0.15) is 0 Å². The van der Waals surface area contributed by atoms with Crippen LogP contribution in [0, 0.1) is 5.92 Å². The maximum atomic E-state index is 13.2. The number of benzene rings is 1. The number of aromatic nitrogens is 3. The molecule has 1 aromatic heterocycles. The lowest BCUT2D eigenvalue weighted by Gasteiger charge is -2.39. The normalized spacial score (nSPS) is 22.6. The molecule has 0 saturated carbocycles. The van der Waals surface area contributed by atoms with Crippen molar-refractivity contribution in [2.24, 2.45) is 13.0 Å². The Hall–Kier alpha value is -2.21. The standard InChI is InChI=1S/C23H33N5O/c1-18(27-13-10-20(11-14-27)15-19-7-4-3-5-8-19)23(29)28-12-6-9-21(16-28)22-25-24-17-26(22)2/h3-5,7-8,17-18,20-21H,6,9-16H2,1-2H3. The molecule has 3 heterocycles. The summed E-state index contributed by atoms with van der Waals surface area (Å²) in [6, 6.07) is 10.7. The van der Waals surface area contributed by atoms with Crippen LogP contribution >= 0.6 is 0 Å². The number of hydrogen-bond donors (Lipinski definition) is 0. The minimum Gasteiger partial charge on any atom is -0.341 e. The lowest BCUT2D eigenvalue weighted by atomic mass is 9.89. The zero-order chi connectivity index (χ0) is 20.2. The average molecular weight is 396 g/mol. The summed E-state index contributed by atoms with van der Waals surface area (Å²) in [5.41, 5.74) is 1.43. The van der Waals surface area contributed by atoms with E-state index < -0.39 is 0 Å². The predicted molar refractivity (Wildman–Crippen MR) is 113 cm³/mol. The summed E-state index contributed by atoms with van der Waals surface area (Å²) in [6.07, 6.45) is 7.37. The quantitative estimate of drug-likeness (QED) is 0.781. The molecule has 29 heavy (non-hydrogen) atoms. The van der Waals surface area contributed by atoms with Gasteiger partial charge in [0, 0.05) is 26.1 Å². The molecular formula is C23H33N5O. The molecule has 2 atom stereocenters. The molecule has 2 aliphatic heterocycles. The van der Waals surface area contributed by atoms with E-state index in [-0.39, 0.29) is 11.9 Å². The van der Waals surface area contributed by atoms with Gasteiger partial charge in [-0.05, 0) is 63.6 Å². The van der Waals surface area contributed by atoms with E-state index in [4.69, 9.17) is 0 Å². The third-order valence-electron chi connectivity index (χ3n) is 6.77. The summed E-state index contributed by atoms with van der Waals surface area (Å²) in [5.74, 6) is 2.30. The Morgan fingerprint density at radius 2 is 1.90 bits per heavy atom. The molecule has 6 heteroatoms. The minimum atomic E-state index is -0.0362. The van der Waals surface area contributed by atoms with E-state index in [1.54, 1.807) is 6.33 Å². The molecule has 1 amide bonds. The Morgan fingerprint density at radius 1 is 1.14 bits per heavy atom. The van der Waals surface area contributed by atoms with Gasteiger partial charge in [-0.1, -0.05) is 30.3 Å². The van der Waals surface area contributed by atoms with Crippen molar-refractivity contribution in [2.75, 3.05) is 26.2 Å². The fourth-order valence-corrected chi connectivity index (χ4v) is 4.96. The summed E-state index contributed by atoms with van der Waals surface area (Å²) in [6.45, 7) is 5.75. The van der Waals surface area contributed by atoms with Crippen LogP contribution in [0.3, 0.4) is 0 Å². The van der Waals surface area contributed by atoms with Crippen molar-refractivity contribution in [3.63, 3.8) is 0 Å². The number of carbonyl (C=O) groups excluding carboxylic acids is 1. The smallest absolute Gasteiger partial charge is 0.239 e. The largest absolute Gasteiger partial charge is 0.341 e. The first kappa shape index (κ1) is 20.1. The van der Waals surface area contributed by atoms with E-state index in [0.717, 1.165) is 57.2 Å². The highest BCUT2D eigenvalue weighted by atomic mass is 16.2. The van der Waals surface area contributed by atoms with Gasteiger partial charge in [0.1, 0.15) is 12.2 Å². The van der Waals surface area contributed by atoms with Crippen molar-refractivity contribution in [2.45, 2.75) is 51.0 Å².